The van der Waals surface area contributed by atoms with Crippen LogP contribution in [0.2, 0.25) is 0 Å². The van der Waals surface area contributed by atoms with Gasteiger partial charge in [-0.15, -0.1) is 10.2 Å². The largest absolute Gasteiger partial charge is 0.416 e. The summed E-state index contributed by atoms with van der Waals surface area (Å²) in [7, 11) is 0. The van der Waals surface area contributed by atoms with E-state index in [0.717, 1.165) is 48.3 Å². The summed E-state index contributed by atoms with van der Waals surface area (Å²) >= 11 is 0. The van der Waals surface area contributed by atoms with Crippen LogP contribution in [0.4, 0.5) is 13.2 Å². The van der Waals surface area contributed by atoms with Crippen LogP contribution in [0, 0.1) is 0 Å². The molecule has 5 nitrogen and oxygen atoms in total. The molecule has 0 saturated carbocycles. The van der Waals surface area contributed by atoms with E-state index in [4.69, 9.17) is 4.74 Å². The van der Waals surface area contributed by atoms with Crippen molar-refractivity contribution in [2.24, 2.45) is 0 Å². The molecule has 1 unspecified atom stereocenters. The van der Waals surface area contributed by atoms with Gasteiger partial charge in [0, 0.05) is 12.2 Å². The van der Waals surface area contributed by atoms with Crippen LogP contribution in [0.15, 0.2) is 48.5 Å². The van der Waals surface area contributed by atoms with Crippen molar-refractivity contribution in [1.82, 2.24) is 20.2 Å². The number of aromatic nitrogens is 4. The zero-order valence-corrected chi connectivity index (χ0v) is 15.1. The van der Waals surface area contributed by atoms with Crippen LogP contribution in [-0.4, -0.2) is 33.4 Å². The summed E-state index contributed by atoms with van der Waals surface area (Å²) in [5.41, 5.74) is 1.89. The summed E-state index contributed by atoms with van der Waals surface area (Å²) < 4.78 is 43.7. The molecular weight excluding hydrogens is 369 g/mol. The third kappa shape index (κ3) is 4.06. The Morgan fingerprint density at radius 1 is 1.07 bits per heavy atom. The summed E-state index contributed by atoms with van der Waals surface area (Å²) in [4.78, 5) is 1.60. The highest BCUT2D eigenvalue weighted by Gasteiger charge is 2.30. The first-order valence-electron chi connectivity index (χ1n) is 9.12. The maximum absolute atomic E-state index is 12.8. The van der Waals surface area contributed by atoms with Crippen molar-refractivity contribution in [2.75, 3.05) is 13.2 Å². The highest BCUT2D eigenvalue weighted by molar-refractivity contribution is 5.60. The minimum atomic E-state index is -4.33. The van der Waals surface area contributed by atoms with Crippen molar-refractivity contribution in [3.8, 4) is 11.4 Å². The molecule has 1 aromatic heterocycles. The monoisotopic (exact) mass is 388 g/mol. The van der Waals surface area contributed by atoms with Crippen molar-refractivity contribution in [1.29, 1.82) is 0 Å². The Bertz CT molecular complexity index is 931. The molecule has 2 heterocycles. The topological polar surface area (TPSA) is 52.8 Å². The third-order valence-electron chi connectivity index (χ3n) is 4.83. The third-order valence-corrected chi connectivity index (χ3v) is 4.83. The van der Waals surface area contributed by atoms with Gasteiger partial charge in [-0.1, -0.05) is 36.4 Å². The number of tetrazole rings is 1. The van der Waals surface area contributed by atoms with Crippen LogP contribution >= 0.6 is 0 Å². The Kier molecular flexibility index (Phi) is 5.13. The number of alkyl halides is 3. The van der Waals surface area contributed by atoms with Crippen molar-refractivity contribution in [2.45, 2.75) is 31.5 Å². The highest BCUT2D eigenvalue weighted by atomic mass is 19.4. The lowest BCUT2D eigenvalue weighted by Gasteiger charge is -2.20. The summed E-state index contributed by atoms with van der Waals surface area (Å²) in [6.07, 6.45) is -1.94. The van der Waals surface area contributed by atoms with Crippen molar-refractivity contribution >= 4 is 0 Å². The number of halogens is 3. The number of nitrogens with zero attached hydrogens (tertiary/aromatic N) is 4. The fourth-order valence-corrected chi connectivity index (χ4v) is 3.32. The van der Waals surface area contributed by atoms with Gasteiger partial charge in [0.05, 0.1) is 18.2 Å². The lowest BCUT2D eigenvalue weighted by Crippen LogP contribution is -2.23. The smallest absolute Gasteiger partial charge is 0.379 e. The number of rotatable bonds is 4. The molecule has 1 atom stereocenters. The predicted octanol–water partition coefficient (Wildman–Crippen LogP) is 4.30. The standard InChI is InChI=1S/C20H19F3N4O/c21-20(22,23)16-9-7-14(8-10-16)12-15-4-1-2-6-18(15)19-24-26-27(25-19)17-5-3-11-28-13-17/h1-2,4,6-10,17H,3,5,11-13H2. The Hall–Kier alpha value is -2.74. The molecule has 1 saturated heterocycles. The molecule has 3 aromatic rings. The molecule has 0 bridgehead atoms. The molecule has 146 valence electrons. The van der Waals surface area contributed by atoms with Crippen LogP contribution in [0.3, 0.4) is 0 Å². The summed E-state index contributed by atoms with van der Waals surface area (Å²) in [5.74, 6) is 0.507. The van der Waals surface area contributed by atoms with Crippen LogP contribution in [0.1, 0.15) is 35.6 Å². The normalized spacial score (nSPS) is 17.6. The molecule has 1 aliphatic rings. The molecule has 0 spiro atoms. The second-order valence-corrected chi connectivity index (χ2v) is 6.83. The van der Waals surface area contributed by atoms with Crippen molar-refractivity contribution < 1.29 is 17.9 Å². The van der Waals surface area contributed by atoms with Crippen molar-refractivity contribution in [3.05, 3.63) is 65.2 Å². The summed E-state index contributed by atoms with van der Waals surface area (Å²) in [6, 6.07) is 12.9. The fourth-order valence-electron chi connectivity index (χ4n) is 3.32. The van der Waals surface area contributed by atoms with Gasteiger partial charge in [-0.05, 0) is 47.7 Å². The summed E-state index contributed by atoms with van der Waals surface area (Å²) in [6.45, 7) is 1.33. The van der Waals surface area contributed by atoms with Crippen LogP contribution in [0.5, 0.6) is 0 Å². The van der Waals surface area contributed by atoms with E-state index in [-0.39, 0.29) is 6.04 Å². The molecule has 1 fully saturated rings. The zero-order chi connectivity index (χ0) is 19.6. The number of hydrogen-bond acceptors (Lipinski definition) is 4. The van der Waals surface area contributed by atoms with E-state index in [1.54, 1.807) is 4.80 Å². The molecule has 0 radical (unpaired) electrons. The van der Waals surface area contributed by atoms with Gasteiger partial charge in [0.1, 0.15) is 0 Å². The SMILES string of the molecule is FC(F)(F)c1ccc(Cc2ccccc2-c2nnn(C3CCCOC3)n2)cc1. The molecule has 8 heteroatoms. The Morgan fingerprint density at radius 3 is 2.57 bits per heavy atom. The lowest BCUT2D eigenvalue weighted by molar-refractivity contribution is -0.137. The van der Waals surface area contributed by atoms with Gasteiger partial charge in [0.25, 0.3) is 0 Å². The minimum absolute atomic E-state index is 0.0806. The first-order chi connectivity index (χ1) is 13.5. The summed E-state index contributed by atoms with van der Waals surface area (Å²) in [5, 5.41) is 12.9. The first kappa shape index (κ1) is 18.6. The Balaban J connectivity index is 1.56. The second kappa shape index (κ2) is 7.71. The zero-order valence-electron chi connectivity index (χ0n) is 15.1. The van der Waals surface area contributed by atoms with E-state index in [0.29, 0.717) is 18.9 Å². The van der Waals surface area contributed by atoms with Gasteiger partial charge in [-0.3, -0.25) is 0 Å². The number of benzene rings is 2. The maximum atomic E-state index is 12.8. The van der Waals surface area contributed by atoms with Crippen LogP contribution in [0.25, 0.3) is 11.4 Å². The van der Waals surface area contributed by atoms with Gasteiger partial charge in [-0.25, -0.2) is 0 Å². The molecule has 0 amide bonds. The van der Waals surface area contributed by atoms with Gasteiger partial charge >= 0.3 is 6.18 Å². The Labute approximate surface area is 160 Å². The van der Waals surface area contributed by atoms with Gasteiger partial charge in [0.2, 0.25) is 5.82 Å². The predicted molar refractivity (Wildman–Crippen MR) is 96.6 cm³/mol. The minimum Gasteiger partial charge on any atom is -0.379 e. The molecule has 4 rings (SSSR count). The highest BCUT2D eigenvalue weighted by Crippen LogP contribution is 2.30. The van der Waals surface area contributed by atoms with Gasteiger partial charge < -0.3 is 4.74 Å². The fraction of sp³-hybridized carbons (Fsp3) is 0.350. The van der Waals surface area contributed by atoms with Crippen LogP contribution in [-0.2, 0) is 17.3 Å². The van der Waals surface area contributed by atoms with Gasteiger partial charge in [-0.2, -0.15) is 18.0 Å². The number of ether oxygens (including phenoxy) is 1. The average Bonchev–Trinajstić information content (AvgIpc) is 3.19. The van der Waals surface area contributed by atoms with E-state index in [2.05, 4.69) is 15.4 Å². The van der Waals surface area contributed by atoms with E-state index in [1.165, 1.54) is 12.1 Å². The first-order valence-corrected chi connectivity index (χ1v) is 9.12. The quantitative estimate of drug-likeness (QED) is 0.669. The average molecular weight is 388 g/mol. The van der Waals surface area contributed by atoms with Gasteiger partial charge in [0.15, 0.2) is 0 Å². The molecule has 28 heavy (non-hydrogen) atoms. The molecule has 2 aromatic carbocycles. The molecule has 0 aliphatic carbocycles. The molecule has 1 aliphatic heterocycles. The number of hydrogen-bond donors (Lipinski definition) is 0. The lowest BCUT2D eigenvalue weighted by atomic mass is 9.98. The van der Waals surface area contributed by atoms with E-state index < -0.39 is 11.7 Å². The van der Waals surface area contributed by atoms with E-state index >= 15 is 0 Å². The Morgan fingerprint density at radius 2 is 1.86 bits per heavy atom. The van der Waals surface area contributed by atoms with Crippen molar-refractivity contribution in [3.63, 3.8) is 0 Å². The van der Waals surface area contributed by atoms with E-state index in [9.17, 15) is 13.2 Å². The van der Waals surface area contributed by atoms with Crippen LogP contribution < -0.4 is 0 Å². The molecule has 0 N–H and O–H groups in total. The molecular formula is C20H19F3N4O. The maximum Gasteiger partial charge on any atom is 0.416 e. The van der Waals surface area contributed by atoms with E-state index in [1.807, 2.05) is 24.3 Å². The second-order valence-electron chi connectivity index (χ2n) is 6.83.